The molecule has 1 aromatic carbocycles. The number of hydrogen-bond acceptors (Lipinski definition) is 4. The van der Waals surface area contributed by atoms with E-state index < -0.39 is 0 Å². The lowest BCUT2D eigenvalue weighted by molar-refractivity contribution is 0.415. The van der Waals surface area contributed by atoms with Crippen LogP contribution < -0.4 is 5.73 Å². The quantitative estimate of drug-likeness (QED) is 0.882. The van der Waals surface area contributed by atoms with Gasteiger partial charge in [0.1, 0.15) is 0 Å². The van der Waals surface area contributed by atoms with Gasteiger partial charge in [-0.15, -0.1) is 0 Å². The van der Waals surface area contributed by atoms with Gasteiger partial charge in [-0.05, 0) is 31.9 Å². The van der Waals surface area contributed by atoms with Gasteiger partial charge in [-0.2, -0.15) is 4.98 Å². The summed E-state index contributed by atoms with van der Waals surface area (Å²) in [5, 5.41) is 3.92. The van der Waals surface area contributed by atoms with Crippen molar-refractivity contribution in [2.75, 3.05) is 0 Å². The average Bonchev–Trinajstić information content (AvgIpc) is 2.80. The van der Waals surface area contributed by atoms with Crippen molar-refractivity contribution in [2.45, 2.75) is 33.2 Å². The fourth-order valence-electron chi connectivity index (χ4n) is 1.64. The van der Waals surface area contributed by atoms with E-state index in [1.165, 1.54) is 5.56 Å². The number of benzene rings is 1. The highest BCUT2D eigenvalue weighted by atomic mass is 16.5. The van der Waals surface area contributed by atoms with Crippen LogP contribution in [0.1, 0.15) is 36.3 Å². The molecule has 0 fully saturated rings. The zero-order chi connectivity index (χ0) is 12.4. The summed E-state index contributed by atoms with van der Waals surface area (Å²) in [6.07, 6.45) is 0.797. The van der Waals surface area contributed by atoms with Crippen molar-refractivity contribution in [3.63, 3.8) is 0 Å². The van der Waals surface area contributed by atoms with E-state index in [4.69, 9.17) is 10.3 Å². The monoisotopic (exact) mass is 231 g/mol. The Hall–Kier alpha value is -1.68. The minimum Gasteiger partial charge on any atom is -0.334 e. The van der Waals surface area contributed by atoms with Crippen LogP contribution in [0.5, 0.6) is 0 Å². The van der Waals surface area contributed by atoms with Crippen molar-refractivity contribution < 1.29 is 4.52 Å². The Morgan fingerprint density at radius 1 is 1.35 bits per heavy atom. The molecule has 1 atom stereocenters. The molecule has 4 nitrogen and oxygen atoms in total. The van der Waals surface area contributed by atoms with E-state index in [1.807, 2.05) is 32.9 Å². The number of hydrogen-bond donors (Lipinski definition) is 1. The van der Waals surface area contributed by atoms with Crippen molar-refractivity contribution in [1.29, 1.82) is 0 Å². The molecule has 90 valence electrons. The molecule has 17 heavy (non-hydrogen) atoms. The molecule has 0 bridgehead atoms. The van der Waals surface area contributed by atoms with Gasteiger partial charge < -0.3 is 10.3 Å². The van der Waals surface area contributed by atoms with Crippen LogP contribution in [0.4, 0.5) is 0 Å². The third kappa shape index (κ3) is 2.36. The Morgan fingerprint density at radius 3 is 2.82 bits per heavy atom. The minimum atomic E-state index is -0.155. The Kier molecular flexibility index (Phi) is 3.24. The van der Waals surface area contributed by atoms with Crippen LogP contribution in [-0.4, -0.2) is 10.1 Å². The highest BCUT2D eigenvalue weighted by Crippen LogP contribution is 2.24. The first-order valence-electron chi connectivity index (χ1n) is 5.78. The van der Waals surface area contributed by atoms with Gasteiger partial charge in [0.25, 0.3) is 5.89 Å². The Morgan fingerprint density at radius 2 is 2.12 bits per heavy atom. The number of nitrogens with zero attached hydrogens (tertiary/aromatic N) is 2. The zero-order valence-electron chi connectivity index (χ0n) is 10.4. The fraction of sp³-hybridized carbons (Fsp3) is 0.385. The smallest absolute Gasteiger partial charge is 0.258 e. The van der Waals surface area contributed by atoms with Gasteiger partial charge in [0.05, 0.1) is 6.04 Å². The maximum atomic E-state index is 5.87. The summed E-state index contributed by atoms with van der Waals surface area (Å²) in [4.78, 5) is 4.35. The molecule has 1 heterocycles. The number of aryl methyl sites for hydroxylation is 2. The van der Waals surface area contributed by atoms with Gasteiger partial charge in [0, 0.05) is 5.56 Å². The van der Waals surface area contributed by atoms with E-state index in [-0.39, 0.29) is 6.04 Å². The van der Waals surface area contributed by atoms with Crippen LogP contribution in [0, 0.1) is 13.8 Å². The number of rotatable bonds is 3. The van der Waals surface area contributed by atoms with Crippen LogP contribution in [0.2, 0.25) is 0 Å². The number of aromatic nitrogens is 2. The van der Waals surface area contributed by atoms with E-state index in [0.29, 0.717) is 11.7 Å². The summed E-state index contributed by atoms with van der Waals surface area (Å²) in [7, 11) is 0. The highest BCUT2D eigenvalue weighted by Gasteiger charge is 2.15. The van der Waals surface area contributed by atoms with Crippen LogP contribution in [0.3, 0.4) is 0 Å². The van der Waals surface area contributed by atoms with E-state index in [2.05, 4.69) is 16.2 Å². The molecule has 4 heteroatoms. The lowest BCUT2D eigenvalue weighted by Crippen LogP contribution is -2.10. The SMILES string of the molecule is CCC(N)c1noc(-c2cc(C)ccc2C)n1. The zero-order valence-corrected chi connectivity index (χ0v) is 10.4. The second kappa shape index (κ2) is 4.67. The summed E-state index contributed by atoms with van der Waals surface area (Å²) >= 11 is 0. The maximum Gasteiger partial charge on any atom is 0.258 e. The average molecular weight is 231 g/mol. The van der Waals surface area contributed by atoms with E-state index in [9.17, 15) is 0 Å². The predicted molar refractivity (Wildman–Crippen MR) is 66.4 cm³/mol. The summed E-state index contributed by atoms with van der Waals surface area (Å²) < 4.78 is 5.27. The fourth-order valence-corrected chi connectivity index (χ4v) is 1.64. The van der Waals surface area contributed by atoms with Crippen molar-refractivity contribution in [2.24, 2.45) is 5.73 Å². The van der Waals surface area contributed by atoms with Gasteiger partial charge in [0.15, 0.2) is 5.82 Å². The topological polar surface area (TPSA) is 64.9 Å². The Bertz CT molecular complexity index is 519. The largest absolute Gasteiger partial charge is 0.334 e. The van der Waals surface area contributed by atoms with Gasteiger partial charge in [-0.3, -0.25) is 0 Å². The van der Waals surface area contributed by atoms with Crippen molar-refractivity contribution in [1.82, 2.24) is 10.1 Å². The predicted octanol–water partition coefficient (Wildman–Crippen LogP) is 2.76. The third-order valence-electron chi connectivity index (χ3n) is 2.84. The first kappa shape index (κ1) is 11.8. The normalized spacial score (nSPS) is 12.7. The third-order valence-corrected chi connectivity index (χ3v) is 2.84. The molecule has 2 rings (SSSR count). The first-order valence-corrected chi connectivity index (χ1v) is 5.78. The van der Waals surface area contributed by atoms with Crippen molar-refractivity contribution in [3.8, 4) is 11.5 Å². The lowest BCUT2D eigenvalue weighted by atomic mass is 10.1. The van der Waals surface area contributed by atoms with Crippen LogP contribution in [-0.2, 0) is 0 Å². The molecule has 0 radical (unpaired) electrons. The molecule has 1 unspecified atom stereocenters. The first-order chi connectivity index (χ1) is 8.11. The Labute approximate surface area is 101 Å². The molecule has 2 N–H and O–H groups in total. The van der Waals surface area contributed by atoms with E-state index >= 15 is 0 Å². The van der Waals surface area contributed by atoms with Crippen LogP contribution in [0.25, 0.3) is 11.5 Å². The molecular formula is C13H17N3O. The van der Waals surface area contributed by atoms with E-state index in [0.717, 1.165) is 17.5 Å². The summed E-state index contributed by atoms with van der Waals surface area (Å²) in [5.74, 6) is 1.12. The summed E-state index contributed by atoms with van der Waals surface area (Å²) in [5.41, 5.74) is 9.14. The lowest BCUT2D eigenvalue weighted by Gasteiger charge is -2.02. The maximum absolute atomic E-state index is 5.87. The van der Waals surface area contributed by atoms with Gasteiger partial charge in [-0.1, -0.05) is 29.8 Å². The second-order valence-electron chi connectivity index (χ2n) is 4.29. The molecule has 0 saturated heterocycles. The molecular weight excluding hydrogens is 214 g/mol. The van der Waals surface area contributed by atoms with Crippen LogP contribution >= 0.6 is 0 Å². The standard InChI is InChI=1S/C13H17N3O/c1-4-11(14)12-15-13(17-16-12)10-7-8(2)5-6-9(10)3/h5-7,11H,4,14H2,1-3H3. The van der Waals surface area contributed by atoms with Gasteiger partial charge >= 0.3 is 0 Å². The van der Waals surface area contributed by atoms with E-state index in [1.54, 1.807) is 0 Å². The van der Waals surface area contributed by atoms with Gasteiger partial charge in [-0.25, -0.2) is 0 Å². The molecule has 0 spiro atoms. The molecule has 0 aliphatic carbocycles. The molecule has 0 amide bonds. The minimum absolute atomic E-state index is 0.155. The van der Waals surface area contributed by atoms with Crippen molar-refractivity contribution >= 4 is 0 Å². The molecule has 1 aromatic heterocycles. The molecule has 0 aliphatic rings. The van der Waals surface area contributed by atoms with Crippen molar-refractivity contribution in [3.05, 3.63) is 35.2 Å². The van der Waals surface area contributed by atoms with Gasteiger partial charge in [0.2, 0.25) is 0 Å². The van der Waals surface area contributed by atoms with Crippen LogP contribution in [0.15, 0.2) is 22.7 Å². The second-order valence-corrected chi connectivity index (χ2v) is 4.29. The summed E-state index contributed by atoms with van der Waals surface area (Å²) in [6.45, 7) is 6.06. The highest BCUT2D eigenvalue weighted by molar-refractivity contribution is 5.59. The molecule has 0 saturated carbocycles. The number of nitrogens with two attached hydrogens (primary N) is 1. The summed E-state index contributed by atoms with van der Waals surface area (Å²) in [6, 6.07) is 6.00. The Balaban J connectivity index is 2.40. The molecule has 2 aromatic rings. The molecule has 0 aliphatic heterocycles.